The molecule has 2 aliphatic rings. The first kappa shape index (κ1) is 11.4. The monoisotopic (exact) mass is 225 g/mol. The highest BCUT2D eigenvalue weighted by molar-refractivity contribution is 6.00. The molecule has 0 aromatic heterocycles. The number of carbonyl (C=O) groups excluding carboxylic acids is 2. The average Bonchev–Trinajstić information content (AvgIpc) is 2.20. The van der Waals surface area contributed by atoms with Crippen LogP contribution in [0.1, 0.15) is 38.5 Å². The summed E-state index contributed by atoms with van der Waals surface area (Å²) in [5.41, 5.74) is 4.82. The summed E-state index contributed by atoms with van der Waals surface area (Å²) in [5, 5.41) is 5.70. The number of unbranched alkanes of at least 4 members (excludes halogenated alkanes) is 1. The SMILES string of the molecule is NCCCCC1NC(=O)C2(CCC2)NC1=O. The minimum atomic E-state index is -0.568. The molecule has 1 heterocycles. The van der Waals surface area contributed by atoms with Gasteiger partial charge in [0.2, 0.25) is 11.8 Å². The van der Waals surface area contributed by atoms with E-state index in [0.717, 1.165) is 32.1 Å². The van der Waals surface area contributed by atoms with E-state index in [1.54, 1.807) is 0 Å². The normalized spacial score (nSPS) is 27.2. The molecule has 1 spiro atoms. The molecule has 5 heteroatoms. The number of piperazine rings is 1. The van der Waals surface area contributed by atoms with E-state index < -0.39 is 5.54 Å². The quantitative estimate of drug-likeness (QED) is 0.572. The van der Waals surface area contributed by atoms with Gasteiger partial charge in [0.1, 0.15) is 11.6 Å². The lowest BCUT2D eigenvalue weighted by Crippen LogP contribution is -2.71. The summed E-state index contributed by atoms with van der Waals surface area (Å²) in [6, 6.07) is -0.356. The third-order valence-electron chi connectivity index (χ3n) is 3.57. The summed E-state index contributed by atoms with van der Waals surface area (Å²) >= 11 is 0. The van der Waals surface area contributed by atoms with Gasteiger partial charge >= 0.3 is 0 Å². The molecule has 0 aromatic rings. The van der Waals surface area contributed by atoms with Crippen LogP contribution in [0.3, 0.4) is 0 Å². The lowest BCUT2D eigenvalue weighted by atomic mass is 9.74. The molecule has 0 radical (unpaired) electrons. The molecule has 2 fully saturated rings. The summed E-state index contributed by atoms with van der Waals surface area (Å²) in [7, 11) is 0. The largest absolute Gasteiger partial charge is 0.342 e. The zero-order valence-electron chi connectivity index (χ0n) is 9.42. The molecule has 2 amide bonds. The minimum absolute atomic E-state index is 0.00361. The zero-order valence-corrected chi connectivity index (χ0v) is 9.42. The van der Waals surface area contributed by atoms with Crippen LogP contribution < -0.4 is 16.4 Å². The topological polar surface area (TPSA) is 84.2 Å². The highest BCUT2D eigenvalue weighted by Gasteiger charge is 2.50. The van der Waals surface area contributed by atoms with Crippen LogP contribution in [0.4, 0.5) is 0 Å². The van der Waals surface area contributed by atoms with Crippen molar-refractivity contribution < 1.29 is 9.59 Å². The molecule has 1 unspecified atom stereocenters. The molecule has 90 valence electrons. The van der Waals surface area contributed by atoms with Crippen molar-refractivity contribution in [2.24, 2.45) is 5.73 Å². The van der Waals surface area contributed by atoms with Crippen molar-refractivity contribution in [2.75, 3.05) is 6.54 Å². The van der Waals surface area contributed by atoms with Gasteiger partial charge in [-0.2, -0.15) is 0 Å². The number of rotatable bonds is 4. The van der Waals surface area contributed by atoms with Gasteiger partial charge in [0.05, 0.1) is 0 Å². The molecule has 1 saturated carbocycles. The van der Waals surface area contributed by atoms with E-state index in [0.29, 0.717) is 13.0 Å². The van der Waals surface area contributed by atoms with Crippen LogP contribution in [-0.4, -0.2) is 29.9 Å². The lowest BCUT2D eigenvalue weighted by molar-refractivity contribution is -0.145. The minimum Gasteiger partial charge on any atom is -0.342 e. The lowest BCUT2D eigenvalue weighted by Gasteiger charge is -2.45. The Morgan fingerprint density at radius 2 is 2.06 bits per heavy atom. The van der Waals surface area contributed by atoms with Crippen LogP contribution in [0.15, 0.2) is 0 Å². The second-order valence-corrected chi connectivity index (χ2v) is 4.74. The van der Waals surface area contributed by atoms with Crippen LogP contribution in [0.5, 0.6) is 0 Å². The first-order chi connectivity index (χ1) is 7.68. The molecule has 1 aliphatic carbocycles. The number of nitrogens with one attached hydrogen (secondary N) is 2. The zero-order chi connectivity index (χ0) is 11.6. The van der Waals surface area contributed by atoms with E-state index >= 15 is 0 Å². The van der Waals surface area contributed by atoms with Crippen LogP contribution in [0, 0.1) is 0 Å². The summed E-state index contributed by atoms with van der Waals surface area (Å²) < 4.78 is 0. The van der Waals surface area contributed by atoms with Crippen LogP contribution >= 0.6 is 0 Å². The Balaban J connectivity index is 1.89. The second kappa shape index (κ2) is 4.41. The molecular weight excluding hydrogens is 206 g/mol. The van der Waals surface area contributed by atoms with Gasteiger partial charge in [-0.05, 0) is 45.1 Å². The van der Waals surface area contributed by atoms with Gasteiger partial charge in [0.15, 0.2) is 0 Å². The first-order valence-electron chi connectivity index (χ1n) is 6.01. The van der Waals surface area contributed by atoms with E-state index in [1.807, 2.05) is 0 Å². The van der Waals surface area contributed by atoms with Gasteiger partial charge in [-0.15, -0.1) is 0 Å². The molecule has 0 bridgehead atoms. The number of amides is 2. The summed E-state index contributed by atoms with van der Waals surface area (Å²) in [5.74, 6) is -0.0348. The van der Waals surface area contributed by atoms with Gasteiger partial charge in [0, 0.05) is 0 Å². The Morgan fingerprint density at radius 3 is 2.62 bits per heavy atom. The fourth-order valence-corrected chi connectivity index (χ4v) is 2.32. The molecule has 4 N–H and O–H groups in total. The van der Waals surface area contributed by atoms with E-state index in [9.17, 15) is 9.59 Å². The summed E-state index contributed by atoms with van der Waals surface area (Å²) in [4.78, 5) is 23.6. The molecule has 0 aromatic carbocycles. The molecule has 5 nitrogen and oxygen atoms in total. The molecular formula is C11H19N3O2. The number of hydrogen-bond donors (Lipinski definition) is 3. The molecule has 2 rings (SSSR count). The number of carbonyl (C=O) groups is 2. The third-order valence-corrected chi connectivity index (χ3v) is 3.57. The van der Waals surface area contributed by atoms with E-state index in [-0.39, 0.29) is 17.9 Å². The predicted molar refractivity (Wildman–Crippen MR) is 59.6 cm³/mol. The van der Waals surface area contributed by atoms with Crippen molar-refractivity contribution in [1.29, 1.82) is 0 Å². The van der Waals surface area contributed by atoms with Crippen LogP contribution in [0.2, 0.25) is 0 Å². The van der Waals surface area contributed by atoms with Crippen LogP contribution in [-0.2, 0) is 9.59 Å². The number of hydrogen-bond acceptors (Lipinski definition) is 3. The van der Waals surface area contributed by atoms with Crippen molar-refractivity contribution in [3.05, 3.63) is 0 Å². The van der Waals surface area contributed by atoms with Gasteiger partial charge in [0.25, 0.3) is 0 Å². The van der Waals surface area contributed by atoms with E-state index in [2.05, 4.69) is 10.6 Å². The average molecular weight is 225 g/mol. The Hall–Kier alpha value is -1.10. The highest BCUT2D eigenvalue weighted by Crippen LogP contribution is 2.34. The van der Waals surface area contributed by atoms with Gasteiger partial charge in [-0.1, -0.05) is 0 Å². The first-order valence-corrected chi connectivity index (χ1v) is 6.01. The van der Waals surface area contributed by atoms with Gasteiger partial charge in [-0.25, -0.2) is 0 Å². The van der Waals surface area contributed by atoms with Gasteiger partial charge < -0.3 is 16.4 Å². The number of nitrogens with two attached hydrogens (primary N) is 1. The van der Waals surface area contributed by atoms with Crippen molar-refractivity contribution >= 4 is 11.8 Å². The Bertz CT molecular complexity index is 300. The molecule has 16 heavy (non-hydrogen) atoms. The molecule has 1 atom stereocenters. The Morgan fingerprint density at radius 1 is 1.31 bits per heavy atom. The van der Waals surface area contributed by atoms with Crippen molar-refractivity contribution in [3.8, 4) is 0 Å². The van der Waals surface area contributed by atoms with Gasteiger partial charge in [-0.3, -0.25) is 9.59 Å². The maximum atomic E-state index is 11.8. The maximum absolute atomic E-state index is 11.8. The Labute approximate surface area is 95.1 Å². The molecule has 1 saturated heterocycles. The van der Waals surface area contributed by atoms with E-state index in [1.165, 1.54) is 0 Å². The smallest absolute Gasteiger partial charge is 0.246 e. The highest BCUT2D eigenvalue weighted by atomic mass is 16.2. The summed E-state index contributed by atoms with van der Waals surface area (Å²) in [6.45, 7) is 0.631. The van der Waals surface area contributed by atoms with Crippen LogP contribution in [0.25, 0.3) is 0 Å². The third kappa shape index (κ3) is 1.91. The second-order valence-electron chi connectivity index (χ2n) is 4.74. The van der Waals surface area contributed by atoms with E-state index in [4.69, 9.17) is 5.73 Å². The predicted octanol–water partition coefficient (Wildman–Crippen LogP) is -0.347. The van der Waals surface area contributed by atoms with Crippen molar-refractivity contribution in [3.63, 3.8) is 0 Å². The standard InChI is InChI=1S/C11H19N3O2/c12-7-2-1-4-8-9(15)14-11(5-3-6-11)10(16)13-8/h8H,1-7,12H2,(H,13,16)(H,14,15). The Kier molecular flexibility index (Phi) is 3.14. The summed E-state index contributed by atoms with van der Waals surface area (Å²) in [6.07, 6.45) is 5.03. The van der Waals surface area contributed by atoms with Crippen molar-refractivity contribution in [1.82, 2.24) is 10.6 Å². The van der Waals surface area contributed by atoms with Crippen molar-refractivity contribution in [2.45, 2.75) is 50.1 Å². The maximum Gasteiger partial charge on any atom is 0.246 e. The fraction of sp³-hybridized carbons (Fsp3) is 0.818. The fourth-order valence-electron chi connectivity index (χ4n) is 2.32. The molecule has 1 aliphatic heterocycles.